The maximum atomic E-state index is 13.1. The Morgan fingerprint density at radius 1 is 1.07 bits per heavy atom. The van der Waals surface area contributed by atoms with E-state index in [2.05, 4.69) is 12.2 Å². The van der Waals surface area contributed by atoms with Gasteiger partial charge in [-0.3, -0.25) is 4.79 Å². The zero-order chi connectivity index (χ0) is 18.8. The number of fused-ring (bicyclic) bond motifs is 1. The number of nitrogens with zero attached hydrogens (tertiary/aromatic N) is 1. The number of ether oxygens (including phenoxy) is 2. The molecule has 142 valence electrons. The highest BCUT2D eigenvalue weighted by Crippen LogP contribution is 2.42. The van der Waals surface area contributed by atoms with Crippen LogP contribution in [0.25, 0.3) is 0 Å². The summed E-state index contributed by atoms with van der Waals surface area (Å²) in [5.41, 5.74) is 2.64. The van der Waals surface area contributed by atoms with Crippen molar-refractivity contribution in [3.8, 4) is 11.5 Å². The number of anilines is 1. The van der Waals surface area contributed by atoms with Crippen LogP contribution in [0.2, 0.25) is 0 Å². The third kappa shape index (κ3) is 3.46. The van der Waals surface area contributed by atoms with Crippen LogP contribution in [0.5, 0.6) is 11.5 Å². The lowest BCUT2D eigenvalue weighted by Gasteiger charge is -2.38. The van der Waals surface area contributed by atoms with E-state index in [0.29, 0.717) is 19.3 Å². The molecule has 0 aromatic heterocycles. The minimum absolute atomic E-state index is 0.0983. The average molecular weight is 366 g/mol. The summed E-state index contributed by atoms with van der Waals surface area (Å²) in [6.45, 7) is 5.27. The Hall–Kier alpha value is -2.69. The SMILES string of the molecule is CCCOc1ccc([C@@H]2Nc3ccccc3C(=O)N2C2CC2)cc1OCC. The summed E-state index contributed by atoms with van der Waals surface area (Å²) in [6, 6.07) is 14.0. The number of para-hydroxylation sites is 1. The first-order valence-corrected chi connectivity index (χ1v) is 9.80. The molecule has 1 atom stereocenters. The van der Waals surface area contributed by atoms with Crippen LogP contribution in [0.15, 0.2) is 42.5 Å². The Bertz CT molecular complexity index is 832. The second kappa shape index (κ2) is 7.51. The molecule has 1 fully saturated rings. The minimum Gasteiger partial charge on any atom is -0.490 e. The maximum Gasteiger partial charge on any atom is 0.258 e. The number of nitrogens with one attached hydrogen (secondary N) is 1. The van der Waals surface area contributed by atoms with Gasteiger partial charge in [-0.2, -0.15) is 0 Å². The summed E-state index contributed by atoms with van der Waals surface area (Å²) in [7, 11) is 0. The van der Waals surface area contributed by atoms with Gasteiger partial charge in [0.15, 0.2) is 11.5 Å². The zero-order valence-corrected chi connectivity index (χ0v) is 15.9. The molecule has 2 aliphatic rings. The summed E-state index contributed by atoms with van der Waals surface area (Å²) in [5.74, 6) is 1.58. The molecule has 0 bridgehead atoms. The zero-order valence-electron chi connectivity index (χ0n) is 15.9. The van der Waals surface area contributed by atoms with Crippen LogP contribution in [-0.2, 0) is 0 Å². The van der Waals surface area contributed by atoms with E-state index in [1.54, 1.807) is 0 Å². The van der Waals surface area contributed by atoms with Crippen molar-refractivity contribution in [2.24, 2.45) is 0 Å². The first-order chi connectivity index (χ1) is 13.2. The van der Waals surface area contributed by atoms with Crippen molar-refractivity contribution < 1.29 is 14.3 Å². The van der Waals surface area contributed by atoms with Gasteiger partial charge in [-0.05, 0) is 56.0 Å². The molecule has 0 radical (unpaired) electrons. The monoisotopic (exact) mass is 366 g/mol. The van der Waals surface area contributed by atoms with Gasteiger partial charge < -0.3 is 19.7 Å². The lowest BCUT2D eigenvalue weighted by Crippen LogP contribution is -2.44. The topological polar surface area (TPSA) is 50.8 Å². The molecule has 4 rings (SSSR count). The molecule has 5 nitrogen and oxygen atoms in total. The Kier molecular flexibility index (Phi) is 4.92. The van der Waals surface area contributed by atoms with Crippen LogP contribution in [0.1, 0.15) is 55.2 Å². The van der Waals surface area contributed by atoms with Crippen molar-refractivity contribution >= 4 is 11.6 Å². The van der Waals surface area contributed by atoms with Gasteiger partial charge in [0.25, 0.3) is 5.91 Å². The highest BCUT2D eigenvalue weighted by atomic mass is 16.5. The molecule has 1 aliphatic carbocycles. The number of carbonyl (C=O) groups excluding carboxylic acids is 1. The maximum absolute atomic E-state index is 13.1. The van der Waals surface area contributed by atoms with Gasteiger partial charge in [-0.1, -0.05) is 25.1 Å². The molecule has 1 aliphatic heterocycles. The quantitative estimate of drug-likeness (QED) is 0.778. The fourth-order valence-electron chi connectivity index (χ4n) is 3.54. The second-order valence-electron chi connectivity index (χ2n) is 7.02. The Labute approximate surface area is 160 Å². The molecule has 0 spiro atoms. The number of benzene rings is 2. The van der Waals surface area contributed by atoms with E-state index in [1.165, 1.54) is 0 Å². The van der Waals surface area contributed by atoms with E-state index in [0.717, 1.165) is 47.6 Å². The highest BCUT2D eigenvalue weighted by molar-refractivity contribution is 6.02. The van der Waals surface area contributed by atoms with Crippen LogP contribution >= 0.6 is 0 Å². The fraction of sp³-hybridized carbons (Fsp3) is 0.409. The molecule has 1 heterocycles. The molecule has 27 heavy (non-hydrogen) atoms. The highest BCUT2D eigenvalue weighted by Gasteiger charge is 2.42. The molecule has 0 unspecified atom stereocenters. The molecule has 1 saturated carbocycles. The summed E-state index contributed by atoms with van der Waals surface area (Å²) >= 11 is 0. The molecule has 5 heteroatoms. The number of rotatable bonds is 7. The van der Waals surface area contributed by atoms with Crippen molar-refractivity contribution in [3.05, 3.63) is 53.6 Å². The second-order valence-corrected chi connectivity index (χ2v) is 7.02. The molecular formula is C22H26N2O3. The predicted octanol–water partition coefficient (Wildman–Crippen LogP) is 4.60. The molecule has 1 amide bonds. The Morgan fingerprint density at radius 2 is 1.89 bits per heavy atom. The van der Waals surface area contributed by atoms with Gasteiger partial charge in [0, 0.05) is 11.7 Å². The van der Waals surface area contributed by atoms with E-state index in [4.69, 9.17) is 9.47 Å². The Morgan fingerprint density at radius 3 is 2.63 bits per heavy atom. The van der Waals surface area contributed by atoms with Gasteiger partial charge in [0.2, 0.25) is 0 Å². The molecule has 2 aromatic rings. The van der Waals surface area contributed by atoms with Crippen molar-refractivity contribution in [2.75, 3.05) is 18.5 Å². The number of hydrogen-bond acceptors (Lipinski definition) is 4. The normalized spacial score (nSPS) is 18.7. The van der Waals surface area contributed by atoms with E-state index in [1.807, 2.05) is 54.3 Å². The van der Waals surface area contributed by atoms with Crippen LogP contribution in [0.4, 0.5) is 5.69 Å². The van der Waals surface area contributed by atoms with Crippen molar-refractivity contribution in [1.82, 2.24) is 4.90 Å². The lowest BCUT2D eigenvalue weighted by molar-refractivity contribution is 0.0666. The summed E-state index contributed by atoms with van der Waals surface area (Å²) in [4.78, 5) is 15.1. The van der Waals surface area contributed by atoms with Gasteiger partial charge in [-0.25, -0.2) is 0 Å². The summed E-state index contributed by atoms with van der Waals surface area (Å²) in [6.07, 6.45) is 2.86. The summed E-state index contributed by atoms with van der Waals surface area (Å²) in [5, 5.41) is 3.56. The molecule has 0 saturated heterocycles. The van der Waals surface area contributed by atoms with E-state index in [-0.39, 0.29) is 12.1 Å². The standard InChI is InChI=1S/C22H26N2O3/c1-3-13-27-19-12-9-15(14-20(19)26-4-2)21-23-18-8-6-5-7-17(18)22(25)24(21)16-10-11-16/h5-9,12,14,16,21,23H,3-4,10-11,13H2,1-2H3/t21-/m1/s1. The van der Waals surface area contributed by atoms with Crippen LogP contribution < -0.4 is 14.8 Å². The third-order valence-electron chi connectivity index (χ3n) is 4.95. The number of carbonyl (C=O) groups is 1. The minimum atomic E-state index is -0.195. The third-order valence-corrected chi connectivity index (χ3v) is 4.95. The van der Waals surface area contributed by atoms with Crippen LogP contribution in [-0.4, -0.2) is 30.1 Å². The van der Waals surface area contributed by atoms with Gasteiger partial charge in [0.05, 0.1) is 18.8 Å². The smallest absolute Gasteiger partial charge is 0.258 e. The number of amides is 1. The largest absolute Gasteiger partial charge is 0.490 e. The Balaban J connectivity index is 1.70. The van der Waals surface area contributed by atoms with Gasteiger partial charge >= 0.3 is 0 Å². The van der Waals surface area contributed by atoms with Crippen molar-refractivity contribution in [1.29, 1.82) is 0 Å². The molecule has 2 aromatic carbocycles. The summed E-state index contributed by atoms with van der Waals surface area (Å²) < 4.78 is 11.6. The first kappa shape index (κ1) is 17.7. The van der Waals surface area contributed by atoms with Crippen molar-refractivity contribution in [3.63, 3.8) is 0 Å². The van der Waals surface area contributed by atoms with E-state index >= 15 is 0 Å². The fourth-order valence-corrected chi connectivity index (χ4v) is 3.54. The predicted molar refractivity (Wildman–Crippen MR) is 105 cm³/mol. The lowest BCUT2D eigenvalue weighted by atomic mass is 10.0. The number of hydrogen-bond donors (Lipinski definition) is 1. The van der Waals surface area contributed by atoms with Gasteiger partial charge in [0.1, 0.15) is 6.17 Å². The van der Waals surface area contributed by atoms with E-state index < -0.39 is 0 Å². The van der Waals surface area contributed by atoms with Crippen LogP contribution in [0, 0.1) is 0 Å². The van der Waals surface area contributed by atoms with Crippen molar-refractivity contribution in [2.45, 2.75) is 45.3 Å². The van der Waals surface area contributed by atoms with E-state index in [9.17, 15) is 4.79 Å². The van der Waals surface area contributed by atoms with Gasteiger partial charge in [-0.15, -0.1) is 0 Å². The van der Waals surface area contributed by atoms with Crippen LogP contribution in [0.3, 0.4) is 0 Å². The molecular weight excluding hydrogens is 340 g/mol. The molecule has 1 N–H and O–H groups in total. The average Bonchev–Trinajstić information content (AvgIpc) is 3.52. The first-order valence-electron chi connectivity index (χ1n) is 9.80.